The number of carbonyl (C=O) groups is 1. The summed E-state index contributed by atoms with van der Waals surface area (Å²) in [7, 11) is 0. The van der Waals surface area contributed by atoms with E-state index in [1.54, 1.807) is 11.3 Å². The highest BCUT2D eigenvalue weighted by Gasteiger charge is 1.96. The molecule has 12 heavy (non-hydrogen) atoms. The van der Waals surface area contributed by atoms with E-state index in [9.17, 15) is 4.79 Å². The topological polar surface area (TPSA) is 67.1 Å². The van der Waals surface area contributed by atoms with Gasteiger partial charge in [0.2, 0.25) is 0 Å². The number of urea groups is 1. The number of hydrazine groups is 1. The van der Waals surface area contributed by atoms with Crippen molar-refractivity contribution < 1.29 is 4.79 Å². The molecule has 0 bridgehead atoms. The highest BCUT2D eigenvalue weighted by molar-refractivity contribution is 7.07. The molecule has 1 aromatic heterocycles. The Bertz CT molecular complexity index is 235. The third-order valence-corrected chi connectivity index (χ3v) is 2.14. The number of thiophene rings is 1. The van der Waals surface area contributed by atoms with Crippen molar-refractivity contribution in [3.05, 3.63) is 22.4 Å². The molecule has 0 aliphatic heterocycles. The summed E-state index contributed by atoms with van der Waals surface area (Å²) < 4.78 is 0. The van der Waals surface area contributed by atoms with Gasteiger partial charge >= 0.3 is 6.03 Å². The Kier molecular flexibility index (Phi) is 3.56. The van der Waals surface area contributed by atoms with Gasteiger partial charge in [0.25, 0.3) is 0 Å². The Morgan fingerprint density at radius 2 is 2.50 bits per heavy atom. The molecule has 0 fully saturated rings. The fourth-order valence-electron chi connectivity index (χ4n) is 0.806. The molecule has 0 saturated carbocycles. The van der Waals surface area contributed by atoms with Crippen LogP contribution in [0.3, 0.4) is 0 Å². The van der Waals surface area contributed by atoms with E-state index in [0.717, 1.165) is 6.42 Å². The number of hydrogen-bond donors (Lipinski definition) is 3. The second kappa shape index (κ2) is 4.74. The normalized spacial score (nSPS) is 9.42. The van der Waals surface area contributed by atoms with Crippen molar-refractivity contribution in [1.82, 2.24) is 10.7 Å². The Morgan fingerprint density at radius 3 is 3.08 bits per heavy atom. The summed E-state index contributed by atoms with van der Waals surface area (Å²) >= 11 is 1.65. The minimum absolute atomic E-state index is 0.342. The van der Waals surface area contributed by atoms with Gasteiger partial charge in [-0.15, -0.1) is 0 Å². The number of rotatable bonds is 3. The highest BCUT2D eigenvalue weighted by atomic mass is 32.1. The predicted molar refractivity (Wildman–Crippen MR) is 48.7 cm³/mol. The number of hydrogen-bond acceptors (Lipinski definition) is 3. The Hall–Kier alpha value is -1.07. The summed E-state index contributed by atoms with van der Waals surface area (Å²) in [6, 6.07) is 1.69. The van der Waals surface area contributed by atoms with Crippen molar-refractivity contribution in [2.24, 2.45) is 5.84 Å². The summed E-state index contributed by atoms with van der Waals surface area (Å²) in [6.45, 7) is 0.611. The van der Waals surface area contributed by atoms with Crippen molar-refractivity contribution in [3.63, 3.8) is 0 Å². The van der Waals surface area contributed by atoms with Gasteiger partial charge in [-0.25, -0.2) is 10.6 Å². The van der Waals surface area contributed by atoms with Crippen LogP contribution in [-0.2, 0) is 6.42 Å². The maximum absolute atomic E-state index is 10.6. The van der Waals surface area contributed by atoms with Gasteiger partial charge in [-0.2, -0.15) is 11.3 Å². The smallest absolute Gasteiger partial charge is 0.328 e. The van der Waals surface area contributed by atoms with E-state index >= 15 is 0 Å². The van der Waals surface area contributed by atoms with Gasteiger partial charge in [0.15, 0.2) is 0 Å². The van der Waals surface area contributed by atoms with Gasteiger partial charge in [0.05, 0.1) is 0 Å². The van der Waals surface area contributed by atoms with Crippen LogP contribution in [0.5, 0.6) is 0 Å². The molecular formula is C7H11N3OS. The quantitative estimate of drug-likeness (QED) is 0.364. The van der Waals surface area contributed by atoms with E-state index < -0.39 is 0 Å². The molecule has 0 aromatic carbocycles. The molecule has 0 atom stereocenters. The molecule has 0 aliphatic carbocycles. The fraction of sp³-hybridized carbons (Fsp3) is 0.286. The standard InChI is InChI=1S/C7H11N3OS/c8-10-7(11)9-3-1-6-2-4-12-5-6/h2,4-5H,1,3,8H2,(H2,9,10,11). The van der Waals surface area contributed by atoms with Gasteiger partial charge in [-0.05, 0) is 28.8 Å². The van der Waals surface area contributed by atoms with E-state index in [2.05, 4.69) is 10.7 Å². The Morgan fingerprint density at radius 1 is 1.67 bits per heavy atom. The fourth-order valence-corrected chi connectivity index (χ4v) is 1.51. The van der Waals surface area contributed by atoms with Crippen molar-refractivity contribution in [2.75, 3.05) is 6.54 Å². The second-order valence-electron chi connectivity index (χ2n) is 2.28. The zero-order valence-electron chi connectivity index (χ0n) is 6.54. The molecule has 0 saturated heterocycles. The van der Waals surface area contributed by atoms with Gasteiger partial charge in [-0.1, -0.05) is 0 Å². The number of carbonyl (C=O) groups excluding carboxylic acids is 1. The van der Waals surface area contributed by atoms with E-state index in [-0.39, 0.29) is 6.03 Å². The van der Waals surface area contributed by atoms with E-state index in [1.807, 2.05) is 16.9 Å². The summed E-state index contributed by atoms with van der Waals surface area (Å²) in [6.07, 6.45) is 0.844. The molecule has 2 amide bonds. The monoisotopic (exact) mass is 185 g/mol. The van der Waals surface area contributed by atoms with E-state index in [1.165, 1.54) is 5.56 Å². The van der Waals surface area contributed by atoms with Crippen molar-refractivity contribution in [3.8, 4) is 0 Å². The zero-order valence-corrected chi connectivity index (χ0v) is 7.36. The maximum atomic E-state index is 10.6. The summed E-state index contributed by atoms with van der Waals surface area (Å²) in [4.78, 5) is 10.6. The molecule has 5 heteroatoms. The van der Waals surface area contributed by atoms with Crippen molar-refractivity contribution in [1.29, 1.82) is 0 Å². The Balaban J connectivity index is 2.15. The average molecular weight is 185 g/mol. The summed E-state index contributed by atoms with van der Waals surface area (Å²) in [5.74, 6) is 4.87. The highest BCUT2D eigenvalue weighted by Crippen LogP contribution is 2.05. The lowest BCUT2D eigenvalue weighted by Gasteiger charge is -2.01. The van der Waals surface area contributed by atoms with Crippen LogP contribution in [0.1, 0.15) is 5.56 Å². The van der Waals surface area contributed by atoms with Crippen molar-refractivity contribution >= 4 is 17.4 Å². The number of nitrogens with two attached hydrogens (primary N) is 1. The molecule has 66 valence electrons. The van der Waals surface area contributed by atoms with E-state index in [4.69, 9.17) is 5.84 Å². The van der Waals surface area contributed by atoms with Gasteiger partial charge in [0.1, 0.15) is 0 Å². The number of amides is 2. The molecule has 1 aromatic rings. The SMILES string of the molecule is NNC(=O)NCCc1ccsc1. The first-order valence-electron chi connectivity index (χ1n) is 3.58. The lowest BCUT2D eigenvalue weighted by Crippen LogP contribution is -2.40. The minimum Gasteiger partial charge on any atom is -0.337 e. The third kappa shape index (κ3) is 2.89. The van der Waals surface area contributed by atoms with E-state index in [0.29, 0.717) is 6.54 Å². The van der Waals surface area contributed by atoms with Crippen LogP contribution < -0.4 is 16.6 Å². The lowest BCUT2D eigenvalue weighted by atomic mass is 10.2. The maximum Gasteiger partial charge on any atom is 0.328 e. The minimum atomic E-state index is -0.342. The van der Waals surface area contributed by atoms with Crippen LogP contribution in [0.4, 0.5) is 4.79 Å². The molecule has 1 heterocycles. The second-order valence-corrected chi connectivity index (χ2v) is 3.06. The molecule has 0 radical (unpaired) electrons. The van der Waals surface area contributed by atoms with Crippen LogP contribution in [0, 0.1) is 0 Å². The largest absolute Gasteiger partial charge is 0.337 e. The van der Waals surface area contributed by atoms with Crippen LogP contribution in [0.2, 0.25) is 0 Å². The van der Waals surface area contributed by atoms with Crippen molar-refractivity contribution in [2.45, 2.75) is 6.42 Å². The zero-order chi connectivity index (χ0) is 8.81. The van der Waals surface area contributed by atoms with Crippen LogP contribution in [0.25, 0.3) is 0 Å². The third-order valence-electron chi connectivity index (χ3n) is 1.41. The summed E-state index contributed by atoms with van der Waals surface area (Å²) in [5, 5.41) is 6.67. The lowest BCUT2D eigenvalue weighted by molar-refractivity contribution is 0.241. The van der Waals surface area contributed by atoms with Crippen LogP contribution in [-0.4, -0.2) is 12.6 Å². The first kappa shape index (κ1) is 9.02. The Labute approximate surface area is 74.7 Å². The first-order chi connectivity index (χ1) is 5.83. The van der Waals surface area contributed by atoms with Gasteiger partial charge in [0, 0.05) is 6.54 Å². The van der Waals surface area contributed by atoms with Crippen LogP contribution >= 0.6 is 11.3 Å². The van der Waals surface area contributed by atoms with Gasteiger partial charge in [-0.3, -0.25) is 5.43 Å². The summed E-state index contributed by atoms with van der Waals surface area (Å²) in [5.41, 5.74) is 3.23. The molecule has 4 nitrogen and oxygen atoms in total. The average Bonchev–Trinajstić information content (AvgIpc) is 2.57. The van der Waals surface area contributed by atoms with Gasteiger partial charge < -0.3 is 5.32 Å². The molecule has 0 unspecified atom stereocenters. The first-order valence-corrected chi connectivity index (χ1v) is 4.52. The molecule has 1 rings (SSSR count). The molecule has 0 spiro atoms. The molecule has 0 aliphatic rings. The molecule has 4 N–H and O–H groups in total. The predicted octanol–water partition coefficient (Wildman–Crippen LogP) is 0.463. The van der Waals surface area contributed by atoms with Crippen LogP contribution in [0.15, 0.2) is 16.8 Å². The number of nitrogens with one attached hydrogen (secondary N) is 2. The molecular weight excluding hydrogens is 174 g/mol.